The summed E-state index contributed by atoms with van der Waals surface area (Å²) >= 11 is 7.25. The summed E-state index contributed by atoms with van der Waals surface area (Å²) < 4.78 is 0. The van der Waals surface area contributed by atoms with Crippen LogP contribution in [-0.4, -0.2) is 22.1 Å². The molecule has 0 radical (unpaired) electrons. The Morgan fingerprint density at radius 3 is 2.80 bits per heavy atom. The lowest BCUT2D eigenvalue weighted by molar-refractivity contribution is -0.120. The fraction of sp³-hybridized carbons (Fsp3) is 0.176. The van der Waals surface area contributed by atoms with Gasteiger partial charge in [-0.05, 0) is 37.1 Å². The number of fused-ring (bicyclic) bond motifs is 1. The molecule has 2 heterocycles. The smallest absolute Gasteiger partial charge is 0.259 e. The predicted molar refractivity (Wildman–Crippen MR) is 101 cm³/mol. The van der Waals surface area contributed by atoms with Crippen LogP contribution in [0.4, 0.5) is 0 Å². The Morgan fingerprint density at radius 1 is 1.36 bits per heavy atom. The maximum absolute atomic E-state index is 12.2. The van der Waals surface area contributed by atoms with E-state index in [9.17, 15) is 9.59 Å². The minimum Gasteiger partial charge on any atom is -0.309 e. The number of rotatable bonds is 4. The number of carbonyl (C=O) groups is 1. The number of hydrogen-bond donors (Lipinski definition) is 2. The Balaban J connectivity index is 1.69. The van der Waals surface area contributed by atoms with Crippen LogP contribution in [0.15, 0.2) is 34.2 Å². The molecule has 0 aliphatic carbocycles. The average molecular weight is 375 g/mol. The molecule has 2 aromatic heterocycles. The minimum absolute atomic E-state index is 0.0564. The number of aromatic amines is 1. The van der Waals surface area contributed by atoms with Gasteiger partial charge >= 0.3 is 0 Å². The molecule has 0 saturated carbocycles. The molecule has 6 nitrogen and oxygen atoms in total. The summed E-state index contributed by atoms with van der Waals surface area (Å²) in [5.41, 5.74) is 3.93. The molecule has 3 rings (SSSR count). The van der Waals surface area contributed by atoms with E-state index >= 15 is 0 Å². The fourth-order valence-corrected chi connectivity index (χ4v) is 3.48. The number of benzene rings is 1. The number of halogens is 1. The fourth-order valence-electron chi connectivity index (χ4n) is 2.30. The van der Waals surface area contributed by atoms with Gasteiger partial charge in [-0.2, -0.15) is 5.10 Å². The number of amides is 1. The Hall–Kier alpha value is -2.51. The van der Waals surface area contributed by atoms with E-state index in [0.717, 1.165) is 16.0 Å². The number of aryl methyl sites for hydroxylation is 2. The normalized spacial score (nSPS) is 11.3. The van der Waals surface area contributed by atoms with E-state index in [-0.39, 0.29) is 17.9 Å². The first-order valence-electron chi connectivity index (χ1n) is 7.50. The second-order valence-electron chi connectivity index (χ2n) is 5.50. The average Bonchev–Trinajstić information content (AvgIpc) is 2.84. The summed E-state index contributed by atoms with van der Waals surface area (Å²) in [6.45, 7) is 3.84. The zero-order valence-corrected chi connectivity index (χ0v) is 15.2. The van der Waals surface area contributed by atoms with Crippen LogP contribution in [0.1, 0.15) is 21.8 Å². The summed E-state index contributed by atoms with van der Waals surface area (Å²) in [5.74, 6) is -0.0457. The van der Waals surface area contributed by atoms with Crippen molar-refractivity contribution in [2.45, 2.75) is 20.3 Å². The zero-order chi connectivity index (χ0) is 18.0. The number of thiophene rings is 1. The van der Waals surface area contributed by atoms with Gasteiger partial charge in [0.1, 0.15) is 10.7 Å². The molecule has 128 valence electrons. The molecular formula is C17H15ClN4O2S. The number of H-pyrrole nitrogens is 1. The Bertz CT molecular complexity index is 1020. The molecule has 25 heavy (non-hydrogen) atoms. The first-order valence-corrected chi connectivity index (χ1v) is 8.70. The topological polar surface area (TPSA) is 87.2 Å². The van der Waals surface area contributed by atoms with Crippen molar-refractivity contribution in [3.63, 3.8) is 0 Å². The van der Waals surface area contributed by atoms with Gasteiger partial charge in [-0.15, -0.1) is 11.3 Å². The van der Waals surface area contributed by atoms with Gasteiger partial charge in [0.2, 0.25) is 5.91 Å². The second kappa shape index (κ2) is 7.16. The van der Waals surface area contributed by atoms with E-state index in [1.54, 1.807) is 24.3 Å². The molecule has 1 aromatic carbocycles. The second-order valence-corrected chi connectivity index (χ2v) is 7.14. The monoisotopic (exact) mass is 374 g/mol. The standard InChI is InChI=1S/C17H15ClN4O2S/c1-9-10(2)25-17-15(9)16(24)20-13(21-17)7-14(23)22-19-8-11-3-5-12(18)6-4-11/h3-6,8H,7H2,1-2H3,(H,22,23)(H,20,21,24)/b19-8-. The zero-order valence-electron chi connectivity index (χ0n) is 13.6. The Labute approximate surface area is 152 Å². The highest BCUT2D eigenvalue weighted by Crippen LogP contribution is 2.25. The van der Waals surface area contributed by atoms with Crippen molar-refractivity contribution in [1.29, 1.82) is 0 Å². The summed E-state index contributed by atoms with van der Waals surface area (Å²) in [6, 6.07) is 7.04. The molecule has 0 atom stereocenters. The number of nitrogens with zero attached hydrogens (tertiary/aromatic N) is 2. The molecule has 0 spiro atoms. The molecule has 8 heteroatoms. The Morgan fingerprint density at radius 2 is 2.08 bits per heavy atom. The molecule has 2 N–H and O–H groups in total. The van der Waals surface area contributed by atoms with Gasteiger partial charge in [-0.3, -0.25) is 9.59 Å². The van der Waals surface area contributed by atoms with Crippen LogP contribution < -0.4 is 11.0 Å². The van der Waals surface area contributed by atoms with E-state index in [4.69, 9.17) is 11.6 Å². The summed E-state index contributed by atoms with van der Waals surface area (Å²) in [7, 11) is 0. The highest BCUT2D eigenvalue weighted by atomic mass is 35.5. The van der Waals surface area contributed by atoms with E-state index in [2.05, 4.69) is 20.5 Å². The summed E-state index contributed by atoms with van der Waals surface area (Å²) in [6.07, 6.45) is 1.46. The molecule has 0 bridgehead atoms. The number of hydrogen-bond acceptors (Lipinski definition) is 5. The summed E-state index contributed by atoms with van der Waals surface area (Å²) in [5, 5.41) is 5.11. The maximum Gasteiger partial charge on any atom is 0.259 e. The van der Waals surface area contributed by atoms with Crippen molar-refractivity contribution >= 4 is 45.3 Å². The number of nitrogens with one attached hydrogen (secondary N) is 2. The van der Waals surface area contributed by atoms with Crippen LogP contribution in [0.5, 0.6) is 0 Å². The van der Waals surface area contributed by atoms with Crippen LogP contribution in [0.25, 0.3) is 10.2 Å². The molecule has 0 fully saturated rings. The molecule has 3 aromatic rings. The molecule has 0 saturated heterocycles. The first kappa shape index (κ1) is 17.3. The number of aromatic nitrogens is 2. The third-order valence-electron chi connectivity index (χ3n) is 3.69. The van der Waals surface area contributed by atoms with E-state index in [0.29, 0.717) is 21.1 Å². The van der Waals surface area contributed by atoms with Crippen LogP contribution >= 0.6 is 22.9 Å². The van der Waals surface area contributed by atoms with Gasteiger partial charge in [-0.25, -0.2) is 10.4 Å². The third kappa shape index (κ3) is 3.94. The van der Waals surface area contributed by atoms with Crippen LogP contribution in [0.2, 0.25) is 5.02 Å². The quantitative estimate of drug-likeness (QED) is 0.543. The van der Waals surface area contributed by atoms with Crippen LogP contribution in [0, 0.1) is 13.8 Å². The highest BCUT2D eigenvalue weighted by Gasteiger charge is 2.13. The lowest BCUT2D eigenvalue weighted by atomic mass is 10.2. The van der Waals surface area contributed by atoms with Gasteiger partial charge in [0, 0.05) is 9.90 Å². The molecular weight excluding hydrogens is 360 g/mol. The first-order chi connectivity index (χ1) is 11.9. The van der Waals surface area contributed by atoms with Gasteiger partial charge in [0.25, 0.3) is 5.56 Å². The lowest BCUT2D eigenvalue weighted by Gasteiger charge is -2.01. The highest BCUT2D eigenvalue weighted by molar-refractivity contribution is 7.18. The van der Waals surface area contributed by atoms with E-state index < -0.39 is 0 Å². The van der Waals surface area contributed by atoms with Gasteiger partial charge in [0.15, 0.2) is 0 Å². The van der Waals surface area contributed by atoms with E-state index in [1.165, 1.54) is 17.6 Å². The Kier molecular flexibility index (Phi) is 4.96. The van der Waals surface area contributed by atoms with Gasteiger partial charge in [-0.1, -0.05) is 23.7 Å². The van der Waals surface area contributed by atoms with Crippen molar-refractivity contribution in [1.82, 2.24) is 15.4 Å². The van der Waals surface area contributed by atoms with Crippen LogP contribution in [0.3, 0.4) is 0 Å². The van der Waals surface area contributed by atoms with Crippen molar-refractivity contribution < 1.29 is 4.79 Å². The SMILES string of the molecule is Cc1sc2nc(CC(=O)N/N=C\c3ccc(Cl)cc3)[nH]c(=O)c2c1C. The molecule has 0 aliphatic heterocycles. The predicted octanol–water partition coefficient (Wildman–Crippen LogP) is 2.95. The van der Waals surface area contributed by atoms with Gasteiger partial charge < -0.3 is 4.98 Å². The van der Waals surface area contributed by atoms with Crippen molar-refractivity contribution in [3.05, 3.63) is 61.5 Å². The summed E-state index contributed by atoms with van der Waals surface area (Å²) in [4.78, 5) is 32.9. The molecule has 0 aliphatic rings. The van der Waals surface area contributed by atoms with Crippen molar-refractivity contribution in [2.75, 3.05) is 0 Å². The number of hydrazone groups is 1. The molecule has 0 unspecified atom stereocenters. The maximum atomic E-state index is 12.2. The van der Waals surface area contributed by atoms with Gasteiger partial charge in [0.05, 0.1) is 18.0 Å². The van der Waals surface area contributed by atoms with E-state index in [1.807, 2.05) is 13.8 Å². The van der Waals surface area contributed by atoms with Crippen molar-refractivity contribution in [3.8, 4) is 0 Å². The van der Waals surface area contributed by atoms with Crippen molar-refractivity contribution in [2.24, 2.45) is 5.10 Å². The molecule has 1 amide bonds. The third-order valence-corrected chi connectivity index (χ3v) is 5.04. The minimum atomic E-state index is -0.363. The lowest BCUT2D eigenvalue weighted by Crippen LogP contribution is -2.23. The largest absolute Gasteiger partial charge is 0.309 e. The van der Waals surface area contributed by atoms with Crippen LogP contribution in [-0.2, 0) is 11.2 Å². The number of carbonyl (C=O) groups excluding carboxylic acids is 1.